The number of nitro benzene ring substituents is 1. The molecule has 0 aliphatic carbocycles. The summed E-state index contributed by atoms with van der Waals surface area (Å²) in [6.07, 6.45) is 1.51. The number of imide groups is 1. The van der Waals surface area contributed by atoms with Gasteiger partial charge in [0.1, 0.15) is 12.3 Å². The zero-order chi connectivity index (χ0) is 20.3. The number of hydrogen-bond acceptors (Lipinski definition) is 6. The monoisotopic (exact) mass is 447 g/mol. The molecule has 144 valence electrons. The van der Waals surface area contributed by atoms with Gasteiger partial charge in [0.05, 0.1) is 16.5 Å². The number of non-ortho nitro benzene ring substituents is 1. The molecular formula is C18H14BrN3O6. The van der Waals surface area contributed by atoms with Crippen LogP contribution in [-0.2, 0) is 11.4 Å². The van der Waals surface area contributed by atoms with Crippen molar-refractivity contribution in [1.29, 1.82) is 0 Å². The summed E-state index contributed by atoms with van der Waals surface area (Å²) in [5, 5.41) is 15.2. The predicted octanol–water partition coefficient (Wildman–Crippen LogP) is 3.13. The van der Waals surface area contributed by atoms with Gasteiger partial charge in [0.15, 0.2) is 11.5 Å². The standard InChI is InChI=1S/C18H14BrN3O6/c1-27-15-8-11(7-14-17(23)21-18(24)20-14)6-13(19)16(15)28-9-10-2-4-12(5-3-10)22(25)26/h2-8H,9H2,1H3,(H2,20,21,23,24). The first-order valence-corrected chi connectivity index (χ1v) is 8.74. The highest BCUT2D eigenvalue weighted by atomic mass is 79.9. The zero-order valence-electron chi connectivity index (χ0n) is 14.5. The van der Waals surface area contributed by atoms with Crippen molar-refractivity contribution < 1.29 is 24.0 Å². The Morgan fingerprint density at radius 2 is 1.89 bits per heavy atom. The Bertz CT molecular complexity index is 988. The number of ether oxygens (including phenoxy) is 2. The molecule has 3 rings (SSSR count). The predicted molar refractivity (Wildman–Crippen MR) is 103 cm³/mol. The molecule has 1 fully saturated rings. The molecule has 3 amide bonds. The van der Waals surface area contributed by atoms with Gasteiger partial charge in [-0.05, 0) is 57.4 Å². The Labute approximate surface area is 167 Å². The van der Waals surface area contributed by atoms with Crippen LogP contribution in [0.2, 0.25) is 0 Å². The SMILES string of the molecule is COc1cc(C=C2NC(=O)NC2=O)cc(Br)c1OCc1ccc([N+](=O)[O-])cc1. The summed E-state index contributed by atoms with van der Waals surface area (Å²) >= 11 is 3.41. The van der Waals surface area contributed by atoms with Crippen molar-refractivity contribution in [3.05, 3.63) is 67.8 Å². The van der Waals surface area contributed by atoms with Crippen LogP contribution >= 0.6 is 15.9 Å². The molecule has 1 aliphatic heterocycles. The molecule has 1 aliphatic rings. The Hall–Kier alpha value is -3.40. The van der Waals surface area contributed by atoms with E-state index in [0.29, 0.717) is 21.5 Å². The highest BCUT2D eigenvalue weighted by Gasteiger charge is 2.23. The van der Waals surface area contributed by atoms with Crippen LogP contribution in [-0.4, -0.2) is 24.0 Å². The van der Waals surface area contributed by atoms with Gasteiger partial charge in [-0.15, -0.1) is 0 Å². The van der Waals surface area contributed by atoms with Crippen molar-refractivity contribution in [2.45, 2.75) is 6.61 Å². The summed E-state index contributed by atoms with van der Waals surface area (Å²) in [6, 6.07) is 8.81. The van der Waals surface area contributed by atoms with Gasteiger partial charge < -0.3 is 14.8 Å². The van der Waals surface area contributed by atoms with Gasteiger partial charge in [-0.25, -0.2) is 4.79 Å². The van der Waals surface area contributed by atoms with Crippen molar-refractivity contribution in [3.63, 3.8) is 0 Å². The number of benzene rings is 2. The molecule has 28 heavy (non-hydrogen) atoms. The highest BCUT2D eigenvalue weighted by Crippen LogP contribution is 2.37. The first-order chi connectivity index (χ1) is 13.4. The second kappa shape index (κ2) is 8.09. The zero-order valence-corrected chi connectivity index (χ0v) is 16.1. The quantitative estimate of drug-likeness (QED) is 0.303. The Morgan fingerprint density at radius 1 is 1.18 bits per heavy atom. The molecule has 0 saturated carbocycles. The number of nitrogens with zero attached hydrogens (tertiary/aromatic N) is 1. The van der Waals surface area contributed by atoms with Crippen molar-refractivity contribution >= 4 is 39.6 Å². The molecule has 1 heterocycles. The topological polar surface area (TPSA) is 120 Å². The van der Waals surface area contributed by atoms with Gasteiger partial charge in [0.25, 0.3) is 11.6 Å². The van der Waals surface area contributed by atoms with Gasteiger partial charge >= 0.3 is 6.03 Å². The number of carbonyl (C=O) groups is 2. The number of hydrogen-bond donors (Lipinski definition) is 2. The molecule has 2 N–H and O–H groups in total. The third-order valence-electron chi connectivity index (χ3n) is 3.81. The fraction of sp³-hybridized carbons (Fsp3) is 0.111. The Morgan fingerprint density at radius 3 is 2.46 bits per heavy atom. The number of amides is 3. The van der Waals surface area contributed by atoms with E-state index in [-0.39, 0.29) is 18.0 Å². The lowest BCUT2D eigenvalue weighted by molar-refractivity contribution is -0.384. The first-order valence-electron chi connectivity index (χ1n) is 7.95. The first kappa shape index (κ1) is 19.4. The van der Waals surface area contributed by atoms with Crippen molar-refractivity contribution in [2.75, 3.05) is 7.11 Å². The lowest BCUT2D eigenvalue weighted by atomic mass is 10.1. The fourth-order valence-corrected chi connectivity index (χ4v) is 3.06. The molecule has 0 aromatic heterocycles. The second-order valence-corrected chi connectivity index (χ2v) is 6.57. The van der Waals surface area contributed by atoms with Crippen LogP contribution in [0.3, 0.4) is 0 Å². The van der Waals surface area contributed by atoms with Gasteiger partial charge in [0.2, 0.25) is 0 Å². The number of methoxy groups -OCH3 is 1. The van der Waals surface area contributed by atoms with Crippen LogP contribution in [0.5, 0.6) is 11.5 Å². The van der Waals surface area contributed by atoms with Crippen molar-refractivity contribution in [1.82, 2.24) is 10.6 Å². The summed E-state index contributed by atoms with van der Waals surface area (Å²) in [6.45, 7) is 0.172. The summed E-state index contributed by atoms with van der Waals surface area (Å²) < 4.78 is 11.7. The molecule has 9 nitrogen and oxygen atoms in total. The lowest BCUT2D eigenvalue weighted by Gasteiger charge is -2.14. The molecule has 2 aromatic rings. The van der Waals surface area contributed by atoms with E-state index in [4.69, 9.17) is 9.47 Å². The third-order valence-corrected chi connectivity index (χ3v) is 4.40. The molecule has 10 heteroatoms. The highest BCUT2D eigenvalue weighted by molar-refractivity contribution is 9.10. The maximum absolute atomic E-state index is 11.6. The second-order valence-electron chi connectivity index (χ2n) is 5.71. The minimum absolute atomic E-state index is 0.00272. The number of urea groups is 1. The number of halogens is 1. The van der Waals surface area contributed by atoms with Crippen LogP contribution in [0.25, 0.3) is 6.08 Å². The molecule has 2 aromatic carbocycles. The summed E-state index contributed by atoms with van der Waals surface area (Å²) in [7, 11) is 1.47. The number of rotatable bonds is 6. The van der Waals surface area contributed by atoms with Crippen LogP contribution < -0.4 is 20.1 Å². The van der Waals surface area contributed by atoms with Crippen LogP contribution in [0.15, 0.2) is 46.6 Å². The summed E-state index contributed by atoms with van der Waals surface area (Å²) in [5.41, 5.74) is 1.48. The van der Waals surface area contributed by atoms with Crippen molar-refractivity contribution in [2.24, 2.45) is 0 Å². The molecule has 0 bridgehead atoms. The van der Waals surface area contributed by atoms with Gasteiger partial charge in [-0.1, -0.05) is 0 Å². The van der Waals surface area contributed by atoms with E-state index in [2.05, 4.69) is 26.6 Å². The van der Waals surface area contributed by atoms with Crippen LogP contribution in [0.1, 0.15) is 11.1 Å². The third kappa shape index (κ3) is 4.29. The average molecular weight is 448 g/mol. The smallest absolute Gasteiger partial charge is 0.326 e. The number of nitrogens with one attached hydrogen (secondary N) is 2. The maximum Gasteiger partial charge on any atom is 0.326 e. The fourth-order valence-electron chi connectivity index (χ4n) is 2.48. The number of nitro groups is 1. The summed E-state index contributed by atoms with van der Waals surface area (Å²) in [4.78, 5) is 33.1. The van der Waals surface area contributed by atoms with Gasteiger partial charge in [-0.3, -0.25) is 20.2 Å². The molecule has 1 saturated heterocycles. The molecule has 0 radical (unpaired) electrons. The largest absolute Gasteiger partial charge is 0.493 e. The van der Waals surface area contributed by atoms with E-state index in [1.165, 1.54) is 25.3 Å². The van der Waals surface area contributed by atoms with Crippen LogP contribution in [0, 0.1) is 10.1 Å². The van der Waals surface area contributed by atoms with Crippen molar-refractivity contribution in [3.8, 4) is 11.5 Å². The summed E-state index contributed by atoms with van der Waals surface area (Å²) in [5.74, 6) is 0.328. The van der Waals surface area contributed by atoms with Crippen LogP contribution in [0.4, 0.5) is 10.5 Å². The average Bonchev–Trinajstić information content (AvgIpc) is 2.97. The van der Waals surface area contributed by atoms with E-state index < -0.39 is 16.9 Å². The minimum Gasteiger partial charge on any atom is -0.493 e. The lowest BCUT2D eigenvalue weighted by Crippen LogP contribution is -2.22. The minimum atomic E-state index is -0.578. The Balaban J connectivity index is 1.80. The number of carbonyl (C=O) groups excluding carboxylic acids is 2. The van der Waals surface area contributed by atoms with E-state index in [1.807, 2.05) is 0 Å². The molecule has 0 unspecified atom stereocenters. The van der Waals surface area contributed by atoms with E-state index in [1.54, 1.807) is 24.3 Å². The molecular weight excluding hydrogens is 434 g/mol. The van der Waals surface area contributed by atoms with E-state index in [9.17, 15) is 19.7 Å². The van der Waals surface area contributed by atoms with Gasteiger partial charge in [-0.2, -0.15) is 0 Å². The molecule has 0 spiro atoms. The van der Waals surface area contributed by atoms with E-state index >= 15 is 0 Å². The Kier molecular flexibility index (Phi) is 5.59. The van der Waals surface area contributed by atoms with Gasteiger partial charge in [0, 0.05) is 12.1 Å². The molecule has 0 atom stereocenters. The normalized spacial score (nSPS) is 14.6. The maximum atomic E-state index is 11.6. The van der Waals surface area contributed by atoms with E-state index in [0.717, 1.165) is 5.56 Å².